The van der Waals surface area contributed by atoms with E-state index in [9.17, 15) is 9.18 Å². The Morgan fingerprint density at radius 1 is 1.32 bits per heavy atom. The summed E-state index contributed by atoms with van der Waals surface area (Å²) < 4.78 is 21.8. The van der Waals surface area contributed by atoms with Crippen molar-refractivity contribution in [3.63, 3.8) is 0 Å². The summed E-state index contributed by atoms with van der Waals surface area (Å²) in [6.45, 7) is 4.92. The maximum absolute atomic E-state index is 13.4. The van der Waals surface area contributed by atoms with E-state index < -0.39 is 5.95 Å². The third-order valence-corrected chi connectivity index (χ3v) is 4.84. The van der Waals surface area contributed by atoms with Gasteiger partial charge in [0, 0.05) is 41.8 Å². The monoisotopic (exact) mass is 495 g/mol. The van der Waals surface area contributed by atoms with Crippen molar-refractivity contribution in [3.05, 3.63) is 58.1 Å². The third kappa shape index (κ3) is 5.38. The van der Waals surface area contributed by atoms with Gasteiger partial charge in [0.1, 0.15) is 17.9 Å². The highest BCUT2D eigenvalue weighted by Crippen LogP contribution is 2.12. The van der Waals surface area contributed by atoms with Gasteiger partial charge in [-0.15, -0.1) is 0 Å². The van der Waals surface area contributed by atoms with Crippen molar-refractivity contribution in [2.24, 2.45) is 0 Å². The molecule has 1 amide bonds. The van der Waals surface area contributed by atoms with Crippen LogP contribution in [0.4, 0.5) is 4.39 Å². The first kappa shape index (κ1) is 20.5. The highest BCUT2D eigenvalue weighted by Gasteiger charge is 2.11. The van der Waals surface area contributed by atoms with Crippen LogP contribution in [0.2, 0.25) is 0 Å². The molecule has 0 spiro atoms. The largest absolute Gasteiger partial charge is 0.487 e. The number of fused-ring (bicyclic) bond motifs is 1. The molecular weight excluding hydrogens is 474 g/mol. The Labute approximate surface area is 176 Å². The van der Waals surface area contributed by atoms with E-state index in [1.165, 1.54) is 6.20 Å². The molecule has 0 radical (unpaired) electrons. The number of rotatable bonds is 9. The first-order valence-electron chi connectivity index (χ1n) is 8.95. The van der Waals surface area contributed by atoms with Gasteiger partial charge >= 0.3 is 0 Å². The Bertz CT molecular complexity index is 949. The van der Waals surface area contributed by atoms with E-state index in [1.807, 2.05) is 29.7 Å². The summed E-state index contributed by atoms with van der Waals surface area (Å²) in [6, 6.07) is 7.01. The number of amides is 1. The molecule has 0 aliphatic heterocycles. The number of ether oxygens (including phenoxy) is 1. The topological polar surface area (TPSA) is 71.8 Å². The molecule has 3 aromatic heterocycles. The van der Waals surface area contributed by atoms with Gasteiger partial charge in [0.15, 0.2) is 5.75 Å². The van der Waals surface area contributed by atoms with Crippen LogP contribution in [0, 0.1) is 9.52 Å². The van der Waals surface area contributed by atoms with Crippen LogP contribution in [0.25, 0.3) is 5.65 Å². The molecule has 3 aromatic rings. The Morgan fingerprint density at radius 2 is 2.18 bits per heavy atom. The lowest BCUT2D eigenvalue weighted by atomic mass is 10.4. The first-order valence-corrected chi connectivity index (χ1v) is 10.0. The van der Waals surface area contributed by atoms with E-state index in [4.69, 9.17) is 4.74 Å². The maximum Gasteiger partial charge on any atom is 0.271 e. The summed E-state index contributed by atoms with van der Waals surface area (Å²) in [5.41, 5.74) is 1.13. The summed E-state index contributed by atoms with van der Waals surface area (Å²) in [5.74, 6) is -0.670. The molecule has 0 aliphatic rings. The minimum atomic E-state index is -0.611. The van der Waals surface area contributed by atoms with Gasteiger partial charge in [0.05, 0.1) is 0 Å². The second-order valence-electron chi connectivity index (χ2n) is 6.07. The molecule has 9 heteroatoms. The zero-order valence-electron chi connectivity index (χ0n) is 15.4. The number of hydrogen-bond donors (Lipinski definition) is 1. The van der Waals surface area contributed by atoms with Crippen molar-refractivity contribution in [1.82, 2.24) is 24.6 Å². The van der Waals surface area contributed by atoms with Crippen molar-refractivity contribution in [2.45, 2.75) is 6.92 Å². The van der Waals surface area contributed by atoms with Crippen molar-refractivity contribution in [1.29, 1.82) is 0 Å². The van der Waals surface area contributed by atoms with Crippen LogP contribution in [0.3, 0.4) is 0 Å². The van der Waals surface area contributed by atoms with Crippen LogP contribution in [-0.2, 0) is 0 Å². The molecule has 0 saturated carbocycles. The molecule has 3 rings (SSSR count). The fraction of sp³-hybridized carbons (Fsp3) is 0.316. The average Bonchev–Trinajstić information content (AvgIpc) is 3.11. The lowest BCUT2D eigenvalue weighted by molar-refractivity contribution is 0.0943. The minimum absolute atomic E-state index is 0.147. The minimum Gasteiger partial charge on any atom is -0.487 e. The van der Waals surface area contributed by atoms with Crippen LogP contribution in [-0.4, -0.2) is 58.0 Å². The SMILES string of the molecule is CCN(CCNC(=O)c1cn2cc([125I])ccc2n1)CCOc1cccnc1F. The summed E-state index contributed by atoms with van der Waals surface area (Å²) >= 11 is 2.22. The molecule has 1 N–H and O–H groups in total. The molecule has 0 saturated heterocycles. The van der Waals surface area contributed by atoms with E-state index in [-0.39, 0.29) is 11.7 Å². The van der Waals surface area contributed by atoms with E-state index in [2.05, 4.69) is 42.8 Å². The van der Waals surface area contributed by atoms with E-state index >= 15 is 0 Å². The van der Waals surface area contributed by atoms with Crippen molar-refractivity contribution in [3.8, 4) is 5.75 Å². The van der Waals surface area contributed by atoms with E-state index in [0.29, 0.717) is 31.9 Å². The fourth-order valence-corrected chi connectivity index (χ4v) is 3.16. The number of likely N-dealkylation sites (N-methyl/N-ethyl adjacent to an activating group) is 1. The molecule has 0 aromatic carbocycles. The van der Waals surface area contributed by atoms with Gasteiger partial charge in [-0.1, -0.05) is 6.92 Å². The zero-order chi connectivity index (χ0) is 19.9. The van der Waals surface area contributed by atoms with E-state index in [0.717, 1.165) is 15.8 Å². The number of pyridine rings is 2. The molecule has 0 unspecified atom stereocenters. The maximum atomic E-state index is 13.4. The summed E-state index contributed by atoms with van der Waals surface area (Å²) in [5, 5.41) is 2.89. The Morgan fingerprint density at radius 3 is 2.96 bits per heavy atom. The average molecular weight is 495 g/mol. The zero-order valence-corrected chi connectivity index (χ0v) is 17.6. The van der Waals surface area contributed by atoms with Crippen molar-refractivity contribution >= 4 is 34.1 Å². The second-order valence-corrected chi connectivity index (χ2v) is 7.32. The summed E-state index contributed by atoms with van der Waals surface area (Å²) in [4.78, 5) is 22.3. The molecule has 0 bridgehead atoms. The van der Waals surface area contributed by atoms with Gasteiger partial charge in [-0.05, 0) is 53.4 Å². The van der Waals surface area contributed by atoms with Gasteiger partial charge < -0.3 is 14.5 Å². The fourth-order valence-electron chi connectivity index (χ4n) is 2.68. The first-order chi connectivity index (χ1) is 13.6. The number of carbonyl (C=O) groups excluding carboxylic acids is 1. The standard InChI is InChI=1S/C19H21FIN5O2/c1-2-25(10-11-28-16-4-3-7-22-18(16)20)9-8-23-19(27)15-13-26-12-14(21)5-6-17(26)24-15/h3-7,12-13H,2,8-11H2,1H3,(H,23,27)/i21-2. The van der Waals surface area contributed by atoms with Crippen molar-refractivity contribution in [2.75, 3.05) is 32.8 Å². The van der Waals surface area contributed by atoms with Gasteiger partial charge in [-0.2, -0.15) is 4.39 Å². The normalized spacial score (nSPS) is 11.1. The van der Waals surface area contributed by atoms with Gasteiger partial charge in [0.25, 0.3) is 11.9 Å². The Kier molecular flexibility index (Phi) is 7.15. The highest BCUT2D eigenvalue weighted by molar-refractivity contribution is 14.1. The predicted molar refractivity (Wildman–Crippen MR) is 112 cm³/mol. The second kappa shape index (κ2) is 9.78. The number of nitrogens with one attached hydrogen (secondary N) is 1. The third-order valence-electron chi connectivity index (χ3n) is 4.20. The van der Waals surface area contributed by atoms with Gasteiger partial charge in [-0.3, -0.25) is 9.69 Å². The van der Waals surface area contributed by atoms with Crippen LogP contribution < -0.4 is 10.1 Å². The number of carbonyl (C=O) groups is 1. The highest BCUT2D eigenvalue weighted by atomic mass is 125. The van der Waals surface area contributed by atoms with Crippen LogP contribution in [0.1, 0.15) is 17.4 Å². The molecule has 148 valence electrons. The summed E-state index contributed by atoms with van der Waals surface area (Å²) in [7, 11) is 0. The smallest absolute Gasteiger partial charge is 0.271 e. The molecule has 28 heavy (non-hydrogen) atoms. The number of imidazole rings is 1. The molecule has 3 heterocycles. The molecule has 0 aliphatic carbocycles. The Hall–Kier alpha value is -2.27. The molecule has 7 nitrogen and oxygen atoms in total. The van der Waals surface area contributed by atoms with Crippen molar-refractivity contribution < 1.29 is 13.9 Å². The lowest BCUT2D eigenvalue weighted by Gasteiger charge is -2.20. The number of aromatic nitrogens is 3. The number of nitrogens with zero attached hydrogens (tertiary/aromatic N) is 4. The molecule has 0 fully saturated rings. The number of hydrogen-bond acceptors (Lipinski definition) is 5. The Balaban J connectivity index is 1.44. The van der Waals surface area contributed by atoms with Crippen LogP contribution in [0.5, 0.6) is 5.75 Å². The quantitative estimate of drug-likeness (QED) is 0.365. The molecule has 0 atom stereocenters. The van der Waals surface area contributed by atoms with Crippen LogP contribution in [0.15, 0.2) is 42.9 Å². The van der Waals surface area contributed by atoms with E-state index in [1.54, 1.807) is 18.3 Å². The van der Waals surface area contributed by atoms with Gasteiger partial charge in [0.2, 0.25) is 0 Å². The lowest BCUT2D eigenvalue weighted by Crippen LogP contribution is -2.37. The van der Waals surface area contributed by atoms with Gasteiger partial charge in [-0.25, -0.2) is 9.97 Å². The number of halogens is 2. The summed E-state index contributed by atoms with van der Waals surface area (Å²) in [6.07, 6.45) is 5.03. The molecular formula is C19H21FIN5O2. The predicted octanol–water partition coefficient (Wildman–Crippen LogP) is 2.60. The van der Waals surface area contributed by atoms with Crippen LogP contribution >= 0.6 is 22.6 Å².